The Morgan fingerprint density at radius 3 is 1.28 bits per heavy atom. The Balaban J connectivity index is 5.32. The minimum atomic E-state index is -3.91. The van der Waals surface area contributed by atoms with Gasteiger partial charge in [0.2, 0.25) is 0 Å². The van der Waals surface area contributed by atoms with Crippen LogP contribution in [-0.2, 0) is 31.7 Å². The van der Waals surface area contributed by atoms with Gasteiger partial charge in [-0.15, -0.1) is 0 Å². The molecule has 152 valence electrons. The SMILES string of the molecule is CC(C)COP(=O)(OCC(C)C)C(C)OP(=O)(OC(C)C)OC(C)C. The van der Waals surface area contributed by atoms with Crippen LogP contribution in [0.3, 0.4) is 0 Å². The lowest BCUT2D eigenvalue weighted by atomic mass is 10.2. The molecular formula is C16H36O7P2. The van der Waals surface area contributed by atoms with Gasteiger partial charge in [0, 0.05) is 0 Å². The summed E-state index contributed by atoms with van der Waals surface area (Å²) in [6.45, 7) is 16.6. The van der Waals surface area contributed by atoms with Crippen molar-refractivity contribution < 1.29 is 31.7 Å². The smallest absolute Gasteiger partial charge is 0.307 e. The van der Waals surface area contributed by atoms with Gasteiger partial charge in [-0.3, -0.25) is 18.1 Å². The van der Waals surface area contributed by atoms with Crippen molar-refractivity contribution in [2.24, 2.45) is 11.8 Å². The number of phosphoric acid groups is 1. The Labute approximate surface area is 153 Å². The van der Waals surface area contributed by atoms with Gasteiger partial charge < -0.3 is 9.05 Å². The van der Waals surface area contributed by atoms with E-state index in [0.29, 0.717) is 0 Å². The molecule has 0 aliphatic rings. The molecule has 0 aliphatic carbocycles. The van der Waals surface area contributed by atoms with E-state index in [1.165, 1.54) is 6.92 Å². The maximum atomic E-state index is 13.2. The third kappa shape index (κ3) is 10.9. The molecule has 0 spiro atoms. The number of phosphoric ester groups is 1. The van der Waals surface area contributed by atoms with Gasteiger partial charge in [-0.2, -0.15) is 0 Å². The second-order valence-electron chi connectivity index (χ2n) is 7.38. The first-order chi connectivity index (χ1) is 11.3. The van der Waals surface area contributed by atoms with E-state index in [9.17, 15) is 9.13 Å². The van der Waals surface area contributed by atoms with Gasteiger partial charge >= 0.3 is 15.4 Å². The van der Waals surface area contributed by atoms with E-state index in [-0.39, 0.29) is 37.3 Å². The van der Waals surface area contributed by atoms with E-state index < -0.39 is 21.3 Å². The predicted molar refractivity (Wildman–Crippen MR) is 99.8 cm³/mol. The minimum Gasteiger partial charge on any atom is -0.307 e. The van der Waals surface area contributed by atoms with Crippen molar-refractivity contribution in [2.45, 2.75) is 80.4 Å². The normalized spacial score (nSPS) is 14.9. The molecule has 0 saturated heterocycles. The summed E-state index contributed by atoms with van der Waals surface area (Å²) in [5.74, 6) is -0.768. The molecule has 25 heavy (non-hydrogen) atoms. The van der Waals surface area contributed by atoms with Crippen molar-refractivity contribution in [1.82, 2.24) is 0 Å². The fourth-order valence-corrected chi connectivity index (χ4v) is 5.46. The van der Waals surface area contributed by atoms with E-state index in [1.54, 1.807) is 27.7 Å². The van der Waals surface area contributed by atoms with Crippen LogP contribution in [0.2, 0.25) is 0 Å². The van der Waals surface area contributed by atoms with Gasteiger partial charge in [0.1, 0.15) is 0 Å². The molecule has 0 aromatic heterocycles. The lowest BCUT2D eigenvalue weighted by molar-refractivity contribution is 0.0550. The molecule has 0 rings (SSSR count). The molecule has 0 radical (unpaired) electrons. The summed E-state index contributed by atoms with van der Waals surface area (Å²) in [6.07, 6.45) is -0.770. The molecule has 0 bridgehead atoms. The van der Waals surface area contributed by atoms with Crippen molar-refractivity contribution in [3.8, 4) is 0 Å². The standard InChI is InChI=1S/C16H36O7P2/c1-12(2)10-19-24(17,20-11-13(3)4)16(9)23-25(18,21-14(5)6)22-15(7)8/h12-16H,10-11H2,1-9H3. The summed E-state index contributed by atoms with van der Waals surface area (Å²) in [5.41, 5.74) is 0. The van der Waals surface area contributed by atoms with E-state index in [1.807, 2.05) is 27.7 Å². The van der Waals surface area contributed by atoms with Crippen LogP contribution in [0.5, 0.6) is 0 Å². The van der Waals surface area contributed by atoms with Crippen molar-refractivity contribution >= 4 is 15.4 Å². The van der Waals surface area contributed by atoms with Crippen LogP contribution in [0, 0.1) is 11.8 Å². The molecule has 0 aromatic rings. The Morgan fingerprint density at radius 2 is 1.00 bits per heavy atom. The first-order valence-corrected chi connectivity index (χ1v) is 11.9. The fourth-order valence-electron chi connectivity index (χ4n) is 1.59. The van der Waals surface area contributed by atoms with Crippen LogP contribution in [-0.4, -0.2) is 31.3 Å². The van der Waals surface area contributed by atoms with Gasteiger partial charge in [0.15, 0.2) is 5.85 Å². The Bertz CT molecular complexity index is 433. The highest BCUT2D eigenvalue weighted by molar-refractivity contribution is 7.55. The second-order valence-corrected chi connectivity index (χ2v) is 11.2. The average molecular weight is 402 g/mol. The zero-order chi connectivity index (χ0) is 19.8. The van der Waals surface area contributed by atoms with Gasteiger partial charge in [-0.1, -0.05) is 27.7 Å². The maximum Gasteiger partial charge on any atom is 0.476 e. The predicted octanol–water partition coefficient (Wildman–Crippen LogP) is 5.85. The van der Waals surface area contributed by atoms with Crippen molar-refractivity contribution in [1.29, 1.82) is 0 Å². The summed E-state index contributed by atoms with van der Waals surface area (Å²) >= 11 is 0. The van der Waals surface area contributed by atoms with Crippen LogP contribution in [0.4, 0.5) is 0 Å². The Morgan fingerprint density at radius 1 is 0.640 bits per heavy atom. The zero-order valence-electron chi connectivity index (χ0n) is 17.1. The fraction of sp³-hybridized carbons (Fsp3) is 1.00. The second kappa shape index (κ2) is 11.2. The molecule has 0 N–H and O–H groups in total. The van der Waals surface area contributed by atoms with Crippen molar-refractivity contribution in [3.05, 3.63) is 0 Å². The van der Waals surface area contributed by atoms with Crippen molar-refractivity contribution in [3.63, 3.8) is 0 Å². The summed E-state index contributed by atoms with van der Waals surface area (Å²) < 4.78 is 53.3. The molecule has 1 unspecified atom stereocenters. The van der Waals surface area contributed by atoms with E-state index in [0.717, 1.165) is 0 Å². The van der Waals surface area contributed by atoms with Crippen LogP contribution < -0.4 is 0 Å². The molecule has 0 heterocycles. The summed E-state index contributed by atoms with van der Waals surface area (Å²) in [4.78, 5) is 0. The number of hydrogen-bond acceptors (Lipinski definition) is 7. The van der Waals surface area contributed by atoms with Gasteiger partial charge in [-0.05, 0) is 46.5 Å². The van der Waals surface area contributed by atoms with Crippen LogP contribution >= 0.6 is 15.4 Å². The highest BCUT2D eigenvalue weighted by atomic mass is 31.2. The molecule has 7 nitrogen and oxygen atoms in total. The third-order valence-corrected chi connectivity index (χ3v) is 6.70. The molecule has 0 amide bonds. The first kappa shape index (κ1) is 25.3. The Hall–Kier alpha value is 0.260. The lowest BCUT2D eigenvalue weighted by Crippen LogP contribution is -2.19. The minimum absolute atomic E-state index is 0.161. The summed E-state index contributed by atoms with van der Waals surface area (Å²) in [6, 6.07) is 0. The molecule has 0 aromatic carbocycles. The zero-order valence-corrected chi connectivity index (χ0v) is 18.8. The van der Waals surface area contributed by atoms with Crippen molar-refractivity contribution in [2.75, 3.05) is 13.2 Å². The molecule has 1 atom stereocenters. The summed E-state index contributed by atoms with van der Waals surface area (Å²) in [5, 5.41) is 0. The quantitative estimate of drug-likeness (QED) is 0.358. The third-order valence-electron chi connectivity index (χ3n) is 2.58. The van der Waals surface area contributed by atoms with Crippen LogP contribution in [0.25, 0.3) is 0 Å². The first-order valence-electron chi connectivity index (χ1n) is 8.83. The monoisotopic (exact) mass is 402 g/mol. The number of rotatable bonds is 13. The molecule has 9 heteroatoms. The maximum absolute atomic E-state index is 13.2. The average Bonchev–Trinajstić information content (AvgIpc) is 2.40. The van der Waals surface area contributed by atoms with E-state index >= 15 is 0 Å². The largest absolute Gasteiger partial charge is 0.476 e. The molecule has 0 fully saturated rings. The van der Waals surface area contributed by atoms with E-state index in [2.05, 4.69) is 0 Å². The van der Waals surface area contributed by atoms with Crippen LogP contribution in [0.1, 0.15) is 62.3 Å². The summed E-state index contributed by atoms with van der Waals surface area (Å²) in [7, 11) is -7.57. The lowest BCUT2D eigenvalue weighted by Gasteiger charge is -2.29. The van der Waals surface area contributed by atoms with Gasteiger partial charge in [0.05, 0.1) is 25.4 Å². The van der Waals surface area contributed by atoms with E-state index in [4.69, 9.17) is 22.6 Å². The van der Waals surface area contributed by atoms with Gasteiger partial charge in [-0.25, -0.2) is 4.57 Å². The molecule has 0 saturated carbocycles. The van der Waals surface area contributed by atoms with Gasteiger partial charge in [0.25, 0.3) is 0 Å². The highest BCUT2D eigenvalue weighted by Gasteiger charge is 2.42. The molecule has 0 aliphatic heterocycles. The molecular weight excluding hydrogens is 366 g/mol. The van der Waals surface area contributed by atoms with Crippen LogP contribution in [0.15, 0.2) is 0 Å². The highest BCUT2D eigenvalue weighted by Crippen LogP contribution is 2.62. The topological polar surface area (TPSA) is 80.3 Å². The Kier molecular flexibility index (Phi) is 11.3. The number of hydrogen-bond donors (Lipinski definition) is 0.